The van der Waals surface area contributed by atoms with Gasteiger partial charge in [-0.05, 0) is 39.5 Å². The van der Waals surface area contributed by atoms with E-state index in [4.69, 9.17) is 4.74 Å². The molecular formula is C12H21NO3. The van der Waals surface area contributed by atoms with Gasteiger partial charge >= 0.3 is 5.97 Å². The van der Waals surface area contributed by atoms with Crippen LogP contribution >= 0.6 is 0 Å². The Morgan fingerprint density at radius 2 is 1.94 bits per heavy atom. The van der Waals surface area contributed by atoms with Crippen LogP contribution in [0, 0.1) is 0 Å². The van der Waals surface area contributed by atoms with E-state index >= 15 is 0 Å². The summed E-state index contributed by atoms with van der Waals surface area (Å²) in [5.41, 5.74) is 0. The number of hydrogen-bond donors (Lipinski definition) is 1. The quantitative estimate of drug-likeness (QED) is 0.729. The van der Waals surface area contributed by atoms with Gasteiger partial charge in [-0.25, -0.2) is 0 Å². The summed E-state index contributed by atoms with van der Waals surface area (Å²) in [5.74, 6) is -0.136. The number of aliphatic hydroxyl groups is 1. The molecule has 0 saturated carbocycles. The van der Waals surface area contributed by atoms with Crippen LogP contribution < -0.4 is 0 Å². The molecule has 0 spiro atoms. The highest BCUT2D eigenvalue weighted by molar-refractivity contribution is 5.72. The van der Waals surface area contributed by atoms with Crippen LogP contribution in [0.5, 0.6) is 0 Å². The lowest BCUT2D eigenvalue weighted by molar-refractivity contribution is -0.150. The molecule has 0 aromatic heterocycles. The number of ether oxygens (including phenoxy) is 1. The Bertz CT molecular complexity index is 253. The van der Waals surface area contributed by atoms with E-state index < -0.39 is 0 Å². The third kappa shape index (κ3) is 2.55. The van der Waals surface area contributed by atoms with Crippen molar-refractivity contribution in [2.75, 3.05) is 6.54 Å². The van der Waals surface area contributed by atoms with Crippen molar-refractivity contribution in [2.45, 2.75) is 63.8 Å². The van der Waals surface area contributed by atoms with E-state index in [9.17, 15) is 9.90 Å². The Morgan fingerprint density at radius 1 is 1.38 bits per heavy atom. The molecule has 2 atom stereocenters. The largest absolute Gasteiger partial charge is 0.462 e. The molecule has 2 aliphatic heterocycles. The topological polar surface area (TPSA) is 49.8 Å². The predicted octanol–water partition coefficient (Wildman–Crippen LogP) is 0.926. The van der Waals surface area contributed by atoms with Gasteiger partial charge < -0.3 is 9.84 Å². The highest BCUT2D eigenvalue weighted by Crippen LogP contribution is 2.35. The minimum atomic E-state index is -0.171. The predicted molar refractivity (Wildman–Crippen MR) is 60.0 cm³/mol. The number of hydrogen-bond acceptors (Lipinski definition) is 4. The summed E-state index contributed by atoms with van der Waals surface area (Å²) >= 11 is 0. The summed E-state index contributed by atoms with van der Waals surface area (Å²) < 4.78 is 5.16. The zero-order chi connectivity index (χ0) is 11.7. The van der Waals surface area contributed by atoms with Gasteiger partial charge in [-0.1, -0.05) is 0 Å². The summed E-state index contributed by atoms with van der Waals surface area (Å²) in [7, 11) is 0. The second-order valence-electron chi connectivity index (χ2n) is 5.22. The number of nitrogens with zero attached hydrogens (tertiary/aromatic N) is 1. The molecule has 92 valence electrons. The first-order valence-corrected chi connectivity index (χ1v) is 6.19. The maximum Gasteiger partial charge on any atom is 0.320 e. The SMILES string of the molecule is CC(C)OC(=O)CN1C2CCC1CC(O)C2. The van der Waals surface area contributed by atoms with E-state index in [1.165, 1.54) is 0 Å². The van der Waals surface area contributed by atoms with Gasteiger partial charge in [0, 0.05) is 12.1 Å². The van der Waals surface area contributed by atoms with Crippen LogP contribution in [0.4, 0.5) is 0 Å². The van der Waals surface area contributed by atoms with E-state index in [0.717, 1.165) is 25.7 Å². The molecule has 4 nitrogen and oxygen atoms in total. The Kier molecular flexibility index (Phi) is 3.50. The van der Waals surface area contributed by atoms with Crippen LogP contribution in [0.2, 0.25) is 0 Å². The second kappa shape index (κ2) is 4.72. The summed E-state index contributed by atoms with van der Waals surface area (Å²) in [5, 5.41) is 9.64. The number of aliphatic hydroxyl groups excluding tert-OH is 1. The number of esters is 1. The van der Waals surface area contributed by atoms with Crippen LogP contribution in [0.15, 0.2) is 0 Å². The van der Waals surface area contributed by atoms with Crippen molar-refractivity contribution < 1.29 is 14.6 Å². The van der Waals surface area contributed by atoms with Crippen molar-refractivity contribution in [1.82, 2.24) is 4.90 Å². The minimum Gasteiger partial charge on any atom is -0.462 e. The van der Waals surface area contributed by atoms with Crippen LogP contribution in [0.25, 0.3) is 0 Å². The molecule has 1 N–H and O–H groups in total. The van der Waals surface area contributed by atoms with E-state index in [1.807, 2.05) is 13.8 Å². The average Bonchev–Trinajstić information content (AvgIpc) is 2.43. The Balaban J connectivity index is 1.89. The van der Waals surface area contributed by atoms with Crippen LogP contribution in [-0.2, 0) is 9.53 Å². The van der Waals surface area contributed by atoms with E-state index in [1.54, 1.807) is 0 Å². The lowest BCUT2D eigenvalue weighted by Gasteiger charge is -2.36. The van der Waals surface area contributed by atoms with Gasteiger partial charge in [0.1, 0.15) is 0 Å². The fourth-order valence-electron chi connectivity index (χ4n) is 2.95. The van der Waals surface area contributed by atoms with Gasteiger partial charge in [-0.2, -0.15) is 0 Å². The van der Waals surface area contributed by atoms with Crippen molar-refractivity contribution in [3.63, 3.8) is 0 Å². The Hall–Kier alpha value is -0.610. The average molecular weight is 227 g/mol. The van der Waals surface area contributed by atoms with Gasteiger partial charge in [-0.15, -0.1) is 0 Å². The van der Waals surface area contributed by atoms with Gasteiger partial charge in [0.25, 0.3) is 0 Å². The number of carbonyl (C=O) groups is 1. The van der Waals surface area contributed by atoms with Crippen molar-refractivity contribution in [2.24, 2.45) is 0 Å². The van der Waals surface area contributed by atoms with Gasteiger partial charge in [0.05, 0.1) is 18.8 Å². The molecule has 2 heterocycles. The number of carbonyl (C=O) groups excluding carboxylic acids is 1. The zero-order valence-corrected chi connectivity index (χ0v) is 10.1. The maximum absolute atomic E-state index is 11.6. The first-order chi connectivity index (χ1) is 7.56. The molecule has 16 heavy (non-hydrogen) atoms. The van der Waals surface area contributed by atoms with Crippen LogP contribution in [0.3, 0.4) is 0 Å². The maximum atomic E-state index is 11.6. The third-order valence-electron chi connectivity index (χ3n) is 3.54. The van der Waals surface area contributed by atoms with Crippen LogP contribution in [0.1, 0.15) is 39.5 Å². The van der Waals surface area contributed by atoms with Crippen LogP contribution in [-0.4, -0.2) is 46.8 Å². The molecule has 0 amide bonds. The Morgan fingerprint density at radius 3 is 2.44 bits per heavy atom. The highest BCUT2D eigenvalue weighted by atomic mass is 16.5. The van der Waals surface area contributed by atoms with Gasteiger partial charge in [0.2, 0.25) is 0 Å². The van der Waals surface area contributed by atoms with Crippen molar-refractivity contribution in [3.05, 3.63) is 0 Å². The van der Waals surface area contributed by atoms with Gasteiger partial charge in [0.15, 0.2) is 0 Å². The normalized spacial score (nSPS) is 34.4. The molecule has 0 aromatic carbocycles. The minimum absolute atomic E-state index is 0.0412. The standard InChI is InChI=1S/C12H21NO3/c1-8(2)16-12(15)7-13-9-3-4-10(13)6-11(14)5-9/h8-11,14H,3-7H2,1-2H3. The molecule has 0 aliphatic carbocycles. The molecule has 2 unspecified atom stereocenters. The number of fused-ring (bicyclic) bond motifs is 2. The molecule has 2 rings (SSSR count). The fourth-order valence-corrected chi connectivity index (χ4v) is 2.95. The fraction of sp³-hybridized carbons (Fsp3) is 0.917. The molecule has 2 saturated heterocycles. The molecule has 2 aliphatic rings. The number of rotatable bonds is 3. The molecule has 0 aromatic rings. The molecular weight excluding hydrogens is 206 g/mol. The summed E-state index contributed by atoms with van der Waals surface area (Å²) in [6.07, 6.45) is 3.62. The monoisotopic (exact) mass is 227 g/mol. The van der Waals surface area contributed by atoms with E-state index in [0.29, 0.717) is 18.6 Å². The lowest BCUT2D eigenvalue weighted by Crippen LogP contribution is -2.47. The van der Waals surface area contributed by atoms with Crippen molar-refractivity contribution in [3.8, 4) is 0 Å². The third-order valence-corrected chi connectivity index (χ3v) is 3.54. The van der Waals surface area contributed by atoms with E-state index in [-0.39, 0.29) is 18.2 Å². The summed E-state index contributed by atoms with van der Waals surface area (Å²) in [6.45, 7) is 4.12. The first kappa shape index (κ1) is 11.9. The van der Waals surface area contributed by atoms with Gasteiger partial charge in [-0.3, -0.25) is 9.69 Å². The molecule has 2 bridgehead atoms. The lowest BCUT2D eigenvalue weighted by atomic mass is 10.00. The summed E-state index contributed by atoms with van der Waals surface area (Å²) in [6, 6.07) is 0.766. The molecule has 4 heteroatoms. The zero-order valence-electron chi connectivity index (χ0n) is 10.1. The smallest absolute Gasteiger partial charge is 0.320 e. The first-order valence-electron chi connectivity index (χ1n) is 6.19. The van der Waals surface area contributed by atoms with Crippen molar-refractivity contribution in [1.29, 1.82) is 0 Å². The molecule has 0 radical (unpaired) electrons. The van der Waals surface area contributed by atoms with Crippen molar-refractivity contribution >= 4 is 5.97 Å². The molecule has 2 fully saturated rings. The Labute approximate surface area is 96.6 Å². The number of piperidine rings is 1. The summed E-state index contributed by atoms with van der Waals surface area (Å²) in [4.78, 5) is 13.8. The highest BCUT2D eigenvalue weighted by Gasteiger charge is 2.41. The van der Waals surface area contributed by atoms with E-state index in [2.05, 4.69) is 4.90 Å². The second-order valence-corrected chi connectivity index (χ2v) is 5.22.